The Hall–Kier alpha value is -3.11. The van der Waals surface area contributed by atoms with Gasteiger partial charge in [-0.3, -0.25) is 9.59 Å². The average molecular weight is 489 g/mol. The number of halogens is 1. The molecule has 0 radical (unpaired) electrons. The molecule has 1 atom stereocenters. The Labute approximate surface area is 213 Å². The van der Waals surface area contributed by atoms with Crippen LogP contribution in [0.3, 0.4) is 0 Å². The molecule has 0 bridgehead atoms. The number of aryl methyl sites for hydroxylation is 1. The van der Waals surface area contributed by atoms with Gasteiger partial charge in [0.1, 0.15) is 6.04 Å². The number of hydrogen-bond donors (Lipinski definition) is 1. The molecule has 1 fully saturated rings. The van der Waals surface area contributed by atoms with E-state index in [2.05, 4.69) is 5.32 Å². The normalized spacial score (nSPS) is 14.5. The zero-order chi connectivity index (χ0) is 24.6. The highest BCUT2D eigenvalue weighted by molar-refractivity contribution is 6.31. The standard InChI is InChI=1S/C30H33ClN2O2/c1-22-11-5-6-15-25(22)21-33(29(34)20-24-14-7-10-18-27(24)31)28(19-23-12-3-2-4-13-23)30(35)32-26-16-8-9-17-26/h2-7,10-15,18,26,28H,8-9,16-17,19-21H2,1H3,(H,32,35)/t28-/m1/s1. The van der Waals surface area contributed by atoms with Crippen LogP contribution in [-0.4, -0.2) is 28.8 Å². The van der Waals surface area contributed by atoms with E-state index in [1.54, 1.807) is 11.0 Å². The van der Waals surface area contributed by atoms with Crippen molar-refractivity contribution in [3.63, 3.8) is 0 Å². The largest absolute Gasteiger partial charge is 0.352 e. The van der Waals surface area contributed by atoms with Gasteiger partial charge in [-0.25, -0.2) is 0 Å². The first kappa shape index (κ1) is 25.0. The third-order valence-corrected chi connectivity index (χ3v) is 7.24. The van der Waals surface area contributed by atoms with Crippen molar-refractivity contribution in [2.24, 2.45) is 0 Å². The molecular weight excluding hydrogens is 456 g/mol. The van der Waals surface area contributed by atoms with E-state index in [4.69, 9.17) is 11.6 Å². The van der Waals surface area contributed by atoms with E-state index in [0.29, 0.717) is 18.0 Å². The molecule has 0 saturated heterocycles. The number of carbonyl (C=O) groups is 2. The number of rotatable bonds is 9. The summed E-state index contributed by atoms with van der Waals surface area (Å²) in [5.74, 6) is -0.189. The molecular formula is C30H33ClN2O2. The fraction of sp³-hybridized carbons (Fsp3) is 0.333. The zero-order valence-corrected chi connectivity index (χ0v) is 21.0. The third kappa shape index (κ3) is 6.73. The molecule has 1 saturated carbocycles. The lowest BCUT2D eigenvalue weighted by atomic mass is 10.00. The molecule has 0 aliphatic heterocycles. The molecule has 4 rings (SSSR count). The van der Waals surface area contributed by atoms with Crippen LogP contribution in [0.1, 0.15) is 47.9 Å². The Kier molecular flexibility index (Phi) is 8.59. The van der Waals surface area contributed by atoms with Crippen LogP contribution in [-0.2, 0) is 29.0 Å². The molecule has 1 aliphatic rings. The molecule has 1 N–H and O–H groups in total. The average Bonchev–Trinajstić information content (AvgIpc) is 3.37. The van der Waals surface area contributed by atoms with E-state index < -0.39 is 6.04 Å². The summed E-state index contributed by atoms with van der Waals surface area (Å²) in [5, 5.41) is 3.81. The molecule has 35 heavy (non-hydrogen) atoms. The molecule has 3 aromatic rings. The maximum absolute atomic E-state index is 13.8. The number of nitrogens with one attached hydrogen (secondary N) is 1. The van der Waals surface area contributed by atoms with Gasteiger partial charge in [-0.15, -0.1) is 0 Å². The lowest BCUT2D eigenvalue weighted by Gasteiger charge is -2.33. The molecule has 182 valence electrons. The summed E-state index contributed by atoms with van der Waals surface area (Å²) in [6, 6.07) is 24.9. The zero-order valence-electron chi connectivity index (χ0n) is 20.3. The molecule has 3 aromatic carbocycles. The Bertz CT molecular complexity index is 1140. The summed E-state index contributed by atoms with van der Waals surface area (Å²) in [5.41, 5.74) is 3.92. The van der Waals surface area contributed by atoms with Crippen molar-refractivity contribution in [3.8, 4) is 0 Å². The van der Waals surface area contributed by atoms with Gasteiger partial charge in [0.25, 0.3) is 0 Å². The molecule has 0 aromatic heterocycles. The summed E-state index contributed by atoms with van der Waals surface area (Å²) in [7, 11) is 0. The fourth-order valence-corrected chi connectivity index (χ4v) is 5.00. The number of carbonyl (C=O) groups excluding carboxylic acids is 2. The number of amides is 2. The van der Waals surface area contributed by atoms with Gasteiger partial charge in [0.15, 0.2) is 0 Å². The van der Waals surface area contributed by atoms with E-state index in [1.807, 2.05) is 79.7 Å². The Morgan fingerprint density at radius 1 is 0.914 bits per heavy atom. The molecule has 0 spiro atoms. The predicted octanol–water partition coefficient (Wildman–Crippen LogP) is 5.89. The quantitative estimate of drug-likeness (QED) is 0.408. The first-order chi connectivity index (χ1) is 17.0. The summed E-state index contributed by atoms with van der Waals surface area (Å²) in [4.78, 5) is 29.3. The summed E-state index contributed by atoms with van der Waals surface area (Å²) >= 11 is 6.39. The van der Waals surface area contributed by atoms with Gasteiger partial charge >= 0.3 is 0 Å². The van der Waals surface area contributed by atoms with Gasteiger partial charge in [0.05, 0.1) is 6.42 Å². The van der Waals surface area contributed by atoms with Crippen molar-refractivity contribution in [2.75, 3.05) is 0 Å². The lowest BCUT2D eigenvalue weighted by molar-refractivity contribution is -0.141. The Morgan fingerprint density at radius 2 is 1.54 bits per heavy atom. The van der Waals surface area contributed by atoms with Crippen LogP contribution in [0.2, 0.25) is 5.02 Å². The van der Waals surface area contributed by atoms with Gasteiger partial charge in [-0.2, -0.15) is 0 Å². The van der Waals surface area contributed by atoms with Gasteiger partial charge in [0, 0.05) is 24.0 Å². The van der Waals surface area contributed by atoms with Crippen molar-refractivity contribution in [3.05, 3.63) is 106 Å². The molecule has 2 amide bonds. The monoisotopic (exact) mass is 488 g/mol. The van der Waals surface area contributed by atoms with Gasteiger partial charge in [-0.1, -0.05) is 97.2 Å². The van der Waals surface area contributed by atoms with E-state index in [0.717, 1.165) is 47.9 Å². The van der Waals surface area contributed by atoms with E-state index >= 15 is 0 Å². The SMILES string of the molecule is Cc1ccccc1CN(C(=O)Cc1ccccc1Cl)[C@H](Cc1ccccc1)C(=O)NC1CCCC1. The van der Waals surface area contributed by atoms with Crippen molar-refractivity contribution < 1.29 is 9.59 Å². The van der Waals surface area contributed by atoms with Crippen LogP contribution in [0.15, 0.2) is 78.9 Å². The molecule has 4 nitrogen and oxygen atoms in total. The fourth-order valence-electron chi connectivity index (χ4n) is 4.80. The number of hydrogen-bond acceptors (Lipinski definition) is 2. The van der Waals surface area contributed by atoms with Crippen molar-refractivity contribution >= 4 is 23.4 Å². The van der Waals surface area contributed by atoms with E-state index in [1.165, 1.54) is 0 Å². The van der Waals surface area contributed by atoms with Crippen molar-refractivity contribution in [2.45, 2.75) is 64.1 Å². The maximum Gasteiger partial charge on any atom is 0.243 e. The Morgan fingerprint density at radius 3 is 2.23 bits per heavy atom. The molecule has 5 heteroatoms. The first-order valence-electron chi connectivity index (χ1n) is 12.4. The maximum atomic E-state index is 13.8. The minimum atomic E-state index is -0.618. The molecule has 1 aliphatic carbocycles. The molecule has 0 unspecified atom stereocenters. The van der Waals surface area contributed by atoms with E-state index in [-0.39, 0.29) is 24.3 Å². The van der Waals surface area contributed by atoms with Crippen LogP contribution in [0.25, 0.3) is 0 Å². The van der Waals surface area contributed by atoms with Crippen LogP contribution in [0, 0.1) is 6.92 Å². The number of nitrogens with zero attached hydrogens (tertiary/aromatic N) is 1. The summed E-state index contributed by atoms with van der Waals surface area (Å²) < 4.78 is 0. The third-order valence-electron chi connectivity index (χ3n) is 6.87. The minimum Gasteiger partial charge on any atom is -0.352 e. The highest BCUT2D eigenvalue weighted by atomic mass is 35.5. The van der Waals surface area contributed by atoms with E-state index in [9.17, 15) is 9.59 Å². The van der Waals surface area contributed by atoms with Crippen molar-refractivity contribution in [1.82, 2.24) is 10.2 Å². The van der Waals surface area contributed by atoms with Gasteiger partial charge < -0.3 is 10.2 Å². The van der Waals surface area contributed by atoms with Crippen LogP contribution >= 0.6 is 11.6 Å². The predicted molar refractivity (Wildman–Crippen MR) is 141 cm³/mol. The highest BCUT2D eigenvalue weighted by Gasteiger charge is 2.32. The smallest absolute Gasteiger partial charge is 0.243 e. The van der Waals surface area contributed by atoms with Gasteiger partial charge in [0.2, 0.25) is 11.8 Å². The van der Waals surface area contributed by atoms with Crippen LogP contribution in [0.4, 0.5) is 0 Å². The van der Waals surface area contributed by atoms with Crippen molar-refractivity contribution in [1.29, 1.82) is 0 Å². The minimum absolute atomic E-state index is 0.0816. The second-order valence-electron chi connectivity index (χ2n) is 9.41. The first-order valence-corrected chi connectivity index (χ1v) is 12.8. The van der Waals surface area contributed by atoms with Crippen LogP contribution in [0.5, 0.6) is 0 Å². The lowest BCUT2D eigenvalue weighted by Crippen LogP contribution is -2.52. The molecule has 0 heterocycles. The topological polar surface area (TPSA) is 49.4 Å². The number of benzene rings is 3. The second kappa shape index (κ2) is 12.0. The second-order valence-corrected chi connectivity index (χ2v) is 9.82. The highest BCUT2D eigenvalue weighted by Crippen LogP contribution is 2.23. The summed E-state index contributed by atoms with van der Waals surface area (Å²) in [6.45, 7) is 2.41. The van der Waals surface area contributed by atoms with Gasteiger partial charge in [-0.05, 0) is 48.1 Å². The van der Waals surface area contributed by atoms with Crippen LogP contribution < -0.4 is 5.32 Å². The Balaban J connectivity index is 1.68. The summed E-state index contributed by atoms with van der Waals surface area (Å²) in [6.07, 6.45) is 4.86.